The van der Waals surface area contributed by atoms with Crippen molar-refractivity contribution in [3.8, 4) is 6.07 Å². The molecule has 0 bridgehead atoms. The van der Waals surface area contributed by atoms with Gasteiger partial charge in [0, 0.05) is 9.77 Å². The molecule has 0 radical (unpaired) electrons. The maximum atomic E-state index is 12.6. The number of aryl methyl sites for hydroxylation is 1. The van der Waals surface area contributed by atoms with Gasteiger partial charge in [0.1, 0.15) is 11.1 Å². The summed E-state index contributed by atoms with van der Waals surface area (Å²) in [5.41, 5.74) is 4.37. The van der Waals surface area contributed by atoms with Gasteiger partial charge in [0.25, 0.3) is 0 Å². The highest BCUT2D eigenvalue weighted by molar-refractivity contribution is 8.00. The molecule has 28 heavy (non-hydrogen) atoms. The molecule has 1 aliphatic carbocycles. The molecular weight excluding hydrogens is 384 g/mol. The molecule has 0 unspecified atom stereocenters. The molecule has 1 atom stereocenters. The zero-order valence-electron chi connectivity index (χ0n) is 17.3. The Morgan fingerprint density at radius 3 is 2.82 bits per heavy atom. The fourth-order valence-electron chi connectivity index (χ4n) is 3.49. The molecule has 0 fully saturated rings. The van der Waals surface area contributed by atoms with Crippen molar-refractivity contribution in [1.29, 1.82) is 5.26 Å². The van der Waals surface area contributed by atoms with Crippen LogP contribution in [-0.2, 0) is 23.1 Å². The quantitative estimate of drug-likeness (QED) is 0.619. The molecule has 1 amide bonds. The lowest BCUT2D eigenvalue weighted by Gasteiger charge is -2.20. The Labute approximate surface area is 176 Å². The number of benzene rings is 1. The van der Waals surface area contributed by atoms with Crippen LogP contribution in [0.15, 0.2) is 23.1 Å². The summed E-state index contributed by atoms with van der Waals surface area (Å²) in [6.07, 6.45) is 3.07. The van der Waals surface area contributed by atoms with Crippen LogP contribution in [0.5, 0.6) is 0 Å². The largest absolute Gasteiger partial charge is 0.316 e. The Hall–Kier alpha value is -1.77. The van der Waals surface area contributed by atoms with Gasteiger partial charge in [0.2, 0.25) is 5.91 Å². The fraction of sp³-hybridized carbons (Fsp3) is 0.478. The van der Waals surface area contributed by atoms with E-state index in [2.05, 4.69) is 64.2 Å². The monoisotopic (exact) mass is 412 g/mol. The SMILES string of the molecule is Cc1ccc(C(C)(C)C)cc1SCC(=O)Nc1sc2c(c1C#N)CC[C@@H](C)C2. The molecule has 2 aromatic rings. The van der Waals surface area contributed by atoms with E-state index >= 15 is 0 Å². The zero-order valence-corrected chi connectivity index (χ0v) is 18.9. The first-order chi connectivity index (χ1) is 13.2. The average molecular weight is 413 g/mol. The molecule has 5 heteroatoms. The van der Waals surface area contributed by atoms with E-state index in [0.29, 0.717) is 17.2 Å². The van der Waals surface area contributed by atoms with Gasteiger partial charge in [-0.15, -0.1) is 23.1 Å². The lowest BCUT2D eigenvalue weighted by Crippen LogP contribution is -2.14. The number of fused-ring (bicyclic) bond motifs is 1. The zero-order chi connectivity index (χ0) is 20.5. The van der Waals surface area contributed by atoms with Crippen LogP contribution in [0.2, 0.25) is 0 Å². The van der Waals surface area contributed by atoms with Gasteiger partial charge >= 0.3 is 0 Å². The predicted octanol–water partition coefficient (Wildman–Crippen LogP) is 6.08. The number of nitrogens with one attached hydrogen (secondary N) is 1. The van der Waals surface area contributed by atoms with E-state index in [0.717, 1.165) is 34.7 Å². The van der Waals surface area contributed by atoms with Crippen LogP contribution in [0.1, 0.15) is 61.2 Å². The minimum atomic E-state index is -0.0475. The van der Waals surface area contributed by atoms with Gasteiger partial charge < -0.3 is 5.32 Å². The maximum Gasteiger partial charge on any atom is 0.235 e. The topological polar surface area (TPSA) is 52.9 Å². The van der Waals surface area contributed by atoms with E-state index in [4.69, 9.17) is 0 Å². The number of rotatable bonds is 4. The number of anilines is 1. The van der Waals surface area contributed by atoms with E-state index in [1.807, 2.05) is 0 Å². The number of nitriles is 1. The summed E-state index contributed by atoms with van der Waals surface area (Å²) < 4.78 is 0. The van der Waals surface area contributed by atoms with E-state index in [-0.39, 0.29) is 11.3 Å². The molecule has 0 aliphatic heterocycles. The summed E-state index contributed by atoms with van der Waals surface area (Å²) >= 11 is 3.15. The first-order valence-electron chi connectivity index (χ1n) is 9.77. The standard InChI is InChI=1S/C23H28N2OS2/c1-14-6-9-17-18(12-24)22(28-20(17)10-14)25-21(26)13-27-19-11-16(23(3,4)5)8-7-15(19)2/h7-8,11,14H,6,9-10,13H2,1-5H3,(H,25,26)/t14-/m1/s1. The lowest BCUT2D eigenvalue weighted by molar-refractivity contribution is -0.113. The molecule has 1 aliphatic rings. The summed E-state index contributed by atoms with van der Waals surface area (Å²) in [6.45, 7) is 10.9. The molecule has 0 spiro atoms. The number of amides is 1. The Morgan fingerprint density at radius 1 is 1.39 bits per heavy atom. The molecule has 3 nitrogen and oxygen atoms in total. The summed E-state index contributed by atoms with van der Waals surface area (Å²) in [5.74, 6) is 0.946. The van der Waals surface area contributed by atoms with E-state index in [9.17, 15) is 10.1 Å². The second-order valence-corrected chi connectivity index (χ2v) is 10.9. The van der Waals surface area contributed by atoms with Crippen molar-refractivity contribution in [2.45, 2.75) is 64.2 Å². The van der Waals surface area contributed by atoms with Crippen LogP contribution in [0.25, 0.3) is 0 Å². The van der Waals surface area contributed by atoms with E-state index < -0.39 is 0 Å². The van der Waals surface area contributed by atoms with Gasteiger partial charge in [-0.05, 0) is 60.3 Å². The minimum absolute atomic E-state index is 0.0475. The Morgan fingerprint density at radius 2 is 2.14 bits per heavy atom. The highest BCUT2D eigenvalue weighted by atomic mass is 32.2. The number of thioether (sulfide) groups is 1. The van der Waals surface area contributed by atoms with Crippen LogP contribution < -0.4 is 5.32 Å². The maximum absolute atomic E-state index is 12.6. The number of hydrogen-bond acceptors (Lipinski definition) is 4. The second-order valence-electron chi connectivity index (χ2n) is 8.73. The van der Waals surface area contributed by atoms with Gasteiger partial charge in [-0.3, -0.25) is 4.79 Å². The fourth-order valence-corrected chi connectivity index (χ4v) is 5.73. The van der Waals surface area contributed by atoms with E-state index in [1.54, 1.807) is 23.1 Å². The molecule has 1 heterocycles. The predicted molar refractivity (Wildman–Crippen MR) is 119 cm³/mol. The van der Waals surface area contributed by atoms with Crippen LogP contribution in [0, 0.1) is 24.2 Å². The minimum Gasteiger partial charge on any atom is -0.316 e. The summed E-state index contributed by atoms with van der Waals surface area (Å²) in [4.78, 5) is 15.0. The van der Waals surface area contributed by atoms with Crippen molar-refractivity contribution >= 4 is 34.0 Å². The normalized spacial score (nSPS) is 16.4. The van der Waals surface area contributed by atoms with Crippen LogP contribution in [0.3, 0.4) is 0 Å². The van der Waals surface area contributed by atoms with Crippen molar-refractivity contribution in [2.75, 3.05) is 11.1 Å². The average Bonchev–Trinajstić information content (AvgIpc) is 2.95. The Kier molecular flexibility index (Phi) is 6.21. The number of thiophene rings is 1. The number of carbonyl (C=O) groups is 1. The third kappa shape index (κ3) is 4.61. The van der Waals surface area contributed by atoms with Crippen molar-refractivity contribution in [2.24, 2.45) is 5.92 Å². The molecule has 1 aromatic heterocycles. The summed E-state index contributed by atoms with van der Waals surface area (Å²) in [5, 5.41) is 13.3. The van der Waals surface area contributed by atoms with Crippen LogP contribution in [-0.4, -0.2) is 11.7 Å². The smallest absolute Gasteiger partial charge is 0.235 e. The van der Waals surface area contributed by atoms with E-state index in [1.165, 1.54) is 16.0 Å². The molecule has 148 valence electrons. The molecule has 0 saturated heterocycles. The molecule has 1 N–H and O–H groups in total. The van der Waals surface area contributed by atoms with Crippen molar-refractivity contribution < 1.29 is 4.79 Å². The highest BCUT2D eigenvalue weighted by Crippen LogP contribution is 2.39. The van der Waals surface area contributed by atoms with Gasteiger partial charge in [-0.1, -0.05) is 39.8 Å². The molecule has 1 aromatic carbocycles. The summed E-state index contributed by atoms with van der Waals surface area (Å²) in [6, 6.07) is 8.80. The number of carbonyl (C=O) groups excluding carboxylic acids is 1. The van der Waals surface area contributed by atoms with Crippen molar-refractivity contribution in [3.05, 3.63) is 45.3 Å². The van der Waals surface area contributed by atoms with Gasteiger partial charge in [0.15, 0.2) is 0 Å². The number of hydrogen-bond donors (Lipinski definition) is 1. The number of nitrogens with zero attached hydrogens (tertiary/aromatic N) is 1. The molecule has 3 rings (SSSR count). The molecular formula is C23H28N2OS2. The van der Waals surface area contributed by atoms with Gasteiger partial charge in [-0.25, -0.2) is 0 Å². The highest BCUT2D eigenvalue weighted by Gasteiger charge is 2.24. The second kappa shape index (κ2) is 8.31. The third-order valence-electron chi connectivity index (χ3n) is 5.29. The van der Waals surface area contributed by atoms with Crippen molar-refractivity contribution in [1.82, 2.24) is 0 Å². The van der Waals surface area contributed by atoms with Gasteiger partial charge in [-0.2, -0.15) is 5.26 Å². The Bertz CT molecular complexity index is 931. The third-order valence-corrected chi connectivity index (χ3v) is 7.62. The Balaban J connectivity index is 1.70. The summed E-state index contributed by atoms with van der Waals surface area (Å²) in [7, 11) is 0. The van der Waals surface area contributed by atoms with Crippen molar-refractivity contribution in [3.63, 3.8) is 0 Å². The van der Waals surface area contributed by atoms with Crippen LogP contribution >= 0.6 is 23.1 Å². The molecule has 0 saturated carbocycles. The van der Waals surface area contributed by atoms with Crippen LogP contribution in [0.4, 0.5) is 5.00 Å². The van der Waals surface area contributed by atoms with Gasteiger partial charge in [0.05, 0.1) is 11.3 Å². The first kappa shape index (κ1) is 21.0. The first-order valence-corrected chi connectivity index (χ1v) is 11.6. The lowest BCUT2D eigenvalue weighted by atomic mass is 9.87.